The summed E-state index contributed by atoms with van der Waals surface area (Å²) < 4.78 is 0. The molecular weight excluding hydrogens is 152 g/mol. The van der Waals surface area contributed by atoms with Gasteiger partial charge in [0.2, 0.25) is 5.91 Å². The van der Waals surface area contributed by atoms with Crippen molar-refractivity contribution in [2.24, 2.45) is 0 Å². The van der Waals surface area contributed by atoms with Gasteiger partial charge in [0.05, 0.1) is 12.5 Å². The van der Waals surface area contributed by atoms with Crippen LogP contribution in [0, 0.1) is 0 Å². The number of amides is 1. The van der Waals surface area contributed by atoms with Crippen LogP contribution in [0.5, 0.6) is 0 Å². The van der Waals surface area contributed by atoms with Crippen LogP contribution in [0.3, 0.4) is 0 Å². The molecule has 1 atom stereocenters. The number of anilines is 1. The highest BCUT2D eigenvalue weighted by atomic mass is 16.2. The SMILES string of the molecule is Nc1ccccc1C1CC(=O)N1. The van der Waals surface area contributed by atoms with Crippen molar-refractivity contribution in [2.45, 2.75) is 12.5 Å². The first-order valence-electron chi connectivity index (χ1n) is 3.91. The molecule has 0 aromatic heterocycles. The van der Waals surface area contributed by atoms with Crippen molar-refractivity contribution in [2.75, 3.05) is 5.73 Å². The number of hydrogen-bond donors (Lipinski definition) is 2. The molecule has 1 aliphatic rings. The number of β-lactam (4-membered cyclic amide) rings is 1. The van der Waals surface area contributed by atoms with Crippen molar-refractivity contribution in [3.63, 3.8) is 0 Å². The highest BCUT2D eigenvalue weighted by Crippen LogP contribution is 2.27. The summed E-state index contributed by atoms with van der Waals surface area (Å²) in [6.07, 6.45) is 0.564. The third-order valence-electron chi connectivity index (χ3n) is 2.10. The fraction of sp³-hybridized carbons (Fsp3) is 0.222. The number of benzene rings is 1. The summed E-state index contributed by atoms with van der Waals surface area (Å²) in [7, 11) is 0. The predicted molar refractivity (Wildman–Crippen MR) is 46.4 cm³/mol. The lowest BCUT2D eigenvalue weighted by Crippen LogP contribution is -2.41. The highest BCUT2D eigenvalue weighted by Gasteiger charge is 2.27. The zero-order valence-electron chi connectivity index (χ0n) is 6.58. The zero-order chi connectivity index (χ0) is 8.55. The van der Waals surface area contributed by atoms with Gasteiger partial charge in [-0.05, 0) is 11.6 Å². The molecule has 3 heteroatoms. The highest BCUT2D eigenvalue weighted by molar-refractivity contribution is 5.84. The molecule has 0 bridgehead atoms. The molecule has 1 saturated heterocycles. The molecule has 0 aliphatic carbocycles. The van der Waals surface area contributed by atoms with E-state index in [0.29, 0.717) is 6.42 Å². The maximum atomic E-state index is 10.6. The lowest BCUT2D eigenvalue weighted by Gasteiger charge is -2.28. The number of nitrogens with two attached hydrogens (primary N) is 1. The van der Waals surface area contributed by atoms with E-state index in [2.05, 4.69) is 5.32 Å². The van der Waals surface area contributed by atoms with E-state index >= 15 is 0 Å². The Kier molecular flexibility index (Phi) is 1.50. The van der Waals surface area contributed by atoms with E-state index in [4.69, 9.17) is 5.73 Å². The van der Waals surface area contributed by atoms with Crippen LogP contribution in [0.25, 0.3) is 0 Å². The van der Waals surface area contributed by atoms with Crippen LogP contribution in [0.2, 0.25) is 0 Å². The van der Waals surface area contributed by atoms with Crippen LogP contribution in [-0.2, 0) is 4.79 Å². The fourth-order valence-electron chi connectivity index (χ4n) is 1.37. The normalized spacial score (nSPS) is 21.3. The number of nitrogen functional groups attached to an aromatic ring is 1. The second-order valence-corrected chi connectivity index (χ2v) is 2.95. The van der Waals surface area contributed by atoms with Gasteiger partial charge in [-0.15, -0.1) is 0 Å². The van der Waals surface area contributed by atoms with Crippen LogP contribution in [0.1, 0.15) is 18.0 Å². The van der Waals surface area contributed by atoms with Gasteiger partial charge in [-0.2, -0.15) is 0 Å². The first kappa shape index (κ1) is 7.16. The molecule has 3 nitrogen and oxygen atoms in total. The average Bonchev–Trinajstić information content (AvgIpc) is 2.01. The quantitative estimate of drug-likeness (QED) is 0.474. The molecule has 12 heavy (non-hydrogen) atoms. The standard InChI is InChI=1S/C9H10N2O/c10-7-4-2-1-3-6(7)8-5-9(12)11-8/h1-4,8H,5,10H2,(H,11,12). The lowest BCUT2D eigenvalue weighted by atomic mass is 9.96. The molecule has 1 unspecified atom stereocenters. The predicted octanol–water partition coefficient (Wildman–Crippen LogP) is 0.830. The minimum absolute atomic E-state index is 0.100. The van der Waals surface area contributed by atoms with Crippen LogP contribution >= 0.6 is 0 Å². The Balaban J connectivity index is 2.23. The monoisotopic (exact) mass is 162 g/mol. The van der Waals surface area contributed by atoms with Crippen LogP contribution in [0.4, 0.5) is 5.69 Å². The van der Waals surface area contributed by atoms with E-state index in [0.717, 1.165) is 11.3 Å². The summed E-state index contributed by atoms with van der Waals surface area (Å²) in [4.78, 5) is 10.6. The molecule has 62 valence electrons. The first-order valence-corrected chi connectivity index (χ1v) is 3.91. The van der Waals surface area contributed by atoms with Crippen LogP contribution in [0.15, 0.2) is 24.3 Å². The lowest BCUT2D eigenvalue weighted by molar-refractivity contribution is -0.128. The summed E-state index contributed by atoms with van der Waals surface area (Å²) in [5.74, 6) is 0.100. The molecule has 1 amide bonds. The summed E-state index contributed by atoms with van der Waals surface area (Å²) in [5.41, 5.74) is 7.50. The van der Waals surface area contributed by atoms with Gasteiger partial charge in [-0.25, -0.2) is 0 Å². The van der Waals surface area contributed by atoms with Gasteiger partial charge in [0, 0.05) is 5.69 Å². The van der Waals surface area contributed by atoms with Gasteiger partial charge in [0.1, 0.15) is 0 Å². The Morgan fingerprint density at radius 1 is 1.42 bits per heavy atom. The van der Waals surface area contributed by atoms with E-state index in [1.807, 2.05) is 24.3 Å². The average molecular weight is 162 g/mol. The maximum Gasteiger partial charge on any atom is 0.222 e. The van der Waals surface area contributed by atoms with E-state index in [1.54, 1.807) is 0 Å². The van der Waals surface area contributed by atoms with Crippen molar-refractivity contribution >= 4 is 11.6 Å². The molecule has 2 rings (SSSR count). The Morgan fingerprint density at radius 3 is 2.67 bits per heavy atom. The Hall–Kier alpha value is -1.51. The van der Waals surface area contributed by atoms with Crippen molar-refractivity contribution in [3.8, 4) is 0 Å². The van der Waals surface area contributed by atoms with E-state index < -0.39 is 0 Å². The second kappa shape index (κ2) is 2.52. The van der Waals surface area contributed by atoms with Crippen molar-refractivity contribution in [1.29, 1.82) is 0 Å². The zero-order valence-corrected chi connectivity index (χ0v) is 6.58. The number of carbonyl (C=O) groups excluding carboxylic acids is 1. The van der Waals surface area contributed by atoms with Crippen molar-refractivity contribution < 1.29 is 4.79 Å². The minimum atomic E-state index is 0.100. The first-order chi connectivity index (χ1) is 5.77. The Morgan fingerprint density at radius 2 is 2.08 bits per heavy atom. The second-order valence-electron chi connectivity index (χ2n) is 2.95. The van der Waals surface area contributed by atoms with Crippen LogP contribution in [-0.4, -0.2) is 5.91 Å². The topological polar surface area (TPSA) is 55.1 Å². The molecule has 1 fully saturated rings. The summed E-state index contributed by atoms with van der Waals surface area (Å²) in [6, 6.07) is 7.74. The molecule has 1 aromatic rings. The van der Waals surface area contributed by atoms with E-state index in [9.17, 15) is 4.79 Å². The van der Waals surface area contributed by atoms with Crippen LogP contribution < -0.4 is 11.1 Å². The van der Waals surface area contributed by atoms with Crippen molar-refractivity contribution in [1.82, 2.24) is 5.32 Å². The minimum Gasteiger partial charge on any atom is -0.398 e. The number of carbonyl (C=O) groups is 1. The van der Waals surface area contributed by atoms with Gasteiger partial charge in [-0.1, -0.05) is 18.2 Å². The fourth-order valence-corrected chi connectivity index (χ4v) is 1.37. The van der Waals surface area contributed by atoms with Gasteiger partial charge in [0.15, 0.2) is 0 Å². The third-order valence-corrected chi connectivity index (χ3v) is 2.10. The summed E-state index contributed by atoms with van der Waals surface area (Å²) >= 11 is 0. The smallest absolute Gasteiger partial charge is 0.222 e. The molecule has 1 heterocycles. The number of rotatable bonds is 1. The van der Waals surface area contributed by atoms with E-state index in [-0.39, 0.29) is 11.9 Å². The molecule has 0 spiro atoms. The van der Waals surface area contributed by atoms with Gasteiger partial charge < -0.3 is 11.1 Å². The molecule has 1 aliphatic heterocycles. The van der Waals surface area contributed by atoms with Gasteiger partial charge in [-0.3, -0.25) is 4.79 Å². The summed E-state index contributed by atoms with van der Waals surface area (Å²) in [5, 5.41) is 2.78. The Bertz CT molecular complexity index is 314. The van der Waals surface area contributed by atoms with E-state index in [1.165, 1.54) is 0 Å². The largest absolute Gasteiger partial charge is 0.398 e. The van der Waals surface area contributed by atoms with Gasteiger partial charge >= 0.3 is 0 Å². The number of hydrogen-bond acceptors (Lipinski definition) is 2. The summed E-state index contributed by atoms with van der Waals surface area (Å²) in [6.45, 7) is 0. The molecule has 0 radical (unpaired) electrons. The Labute approximate surface area is 70.6 Å². The number of para-hydroxylation sites is 1. The van der Waals surface area contributed by atoms with Crippen molar-refractivity contribution in [3.05, 3.63) is 29.8 Å². The van der Waals surface area contributed by atoms with Gasteiger partial charge in [0.25, 0.3) is 0 Å². The molecular formula is C9H10N2O. The molecule has 0 saturated carbocycles. The number of nitrogens with one attached hydrogen (secondary N) is 1. The molecule has 3 N–H and O–H groups in total. The molecule has 1 aromatic carbocycles. The third kappa shape index (κ3) is 1.03. The maximum absolute atomic E-state index is 10.6.